The van der Waals surface area contributed by atoms with Crippen molar-refractivity contribution >= 4 is 11.2 Å². The number of H-pyrrole nitrogens is 1. The number of nitrogens with zero attached hydrogens (tertiary/aromatic N) is 3. The Morgan fingerprint density at radius 1 is 1.62 bits per heavy atom. The lowest BCUT2D eigenvalue weighted by Crippen LogP contribution is -2.42. The summed E-state index contributed by atoms with van der Waals surface area (Å²) in [4.78, 5) is 22.2. The van der Waals surface area contributed by atoms with E-state index in [-0.39, 0.29) is 36.2 Å². The summed E-state index contributed by atoms with van der Waals surface area (Å²) in [6.45, 7) is -0.232. The fourth-order valence-electron chi connectivity index (χ4n) is 2.69. The first-order chi connectivity index (χ1) is 10.1. The molecule has 1 saturated heterocycles. The molecule has 1 aliphatic rings. The van der Waals surface area contributed by atoms with Crippen LogP contribution in [0.2, 0.25) is 0 Å². The van der Waals surface area contributed by atoms with Crippen LogP contribution in [-0.2, 0) is 10.5 Å². The lowest BCUT2D eigenvalue weighted by Gasteiger charge is -2.32. The first-order valence-corrected chi connectivity index (χ1v) is 6.44. The number of rotatable bonds is 3. The van der Waals surface area contributed by atoms with Crippen LogP contribution in [0.5, 0.6) is 0 Å². The quantitative estimate of drug-likeness (QED) is 0.621. The van der Waals surface area contributed by atoms with Crippen LogP contribution in [0.3, 0.4) is 0 Å². The van der Waals surface area contributed by atoms with Gasteiger partial charge in [-0.1, -0.05) is 0 Å². The van der Waals surface area contributed by atoms with Crippen molar-refractivity contribution in [2.45, 2.75) is 30.8 Å². The number of nitrogens with one attached hydrogen (secondary N) is 1. The molecule has 0 spiro atoms. The second-order valence-electron chi connectivity index (χ2n) is 4.92. The number of hydrogen-bond acceptors (Lipinski definition) is 6. The fourth-order valence-corrected chi connectivity index (χ4v) is 2.69. The van der Waals surface area contributed by atoms with E-state index in [2.05, 4.69) is 20.9 Å². The van der Waals surface area contributed by atoms with Crippen molar-refractivity contribution in [1.29, 1.82) is 0 Å². The van der Waals surface area contributed by atoms with Crippen LogP contribution in [0, 0.1) is 12.3 Å². The Bertz CT molecular complexity index is 761. The summed E-state index contributed by atoms with van der Waals surface area (Å²) in [5.41, 5.74) is -1.26. The van der Waals surface area contributed by atoms with Crippen LogP contribution in [0.1, 0.15) is 12.8 Å². The molecule has 0 unspecified atom stereocenters. The Hall–Kier alpha value is -2.21. The summed E-state index contributed by atoms with van der Waals surface area (Å²) >= 11 is 0. The van der Waals surface area contributed by atoms with E-state index in [0.717, 1.165) is 0 Å². The van der Waals surface area contributed by atoms with Gasteiger partial charge in [0, 0.05) is 6.42 Å². The van der Waals surface area contributed by atoms with Crippen molar-refractivity contribution in [1.82, 2.24) is 19.5 Å². The zero-order valence-corrected chi connectivity index (χ0v) is 11.1. The molecule has 3 rings (SSSR count). The average molecular weight is 290 g/mol. The predicted molar refractivity (Wildman–Crippen MR) is 72.2 cm³/mol. The molecule has 8 heteroatoms. The lowest BCUT2D eigenvalue weighted by atomic mass is 10.0. The van der Waals surface area contributed by atoms with Gasteiger partial charge in [0.05, 0.1) is 31.8 Å². The number of hydrogen-bond donors (Lipinski definition) is 3. The minimum Gasteiger partial charge on any atom is -0.394 e. The Morgan fingerprint density at radius 3 is 3.10 bits per heavy atom. The highest BCUT2D eigenvalue weighted by molar-refractivity contribution is 5.69. The monoisotopic (exact) mass is 290 g/mol. The molecule has 3 atom stereocenters. The van der Waals surface area contributed by atoms with Crippen molar-refractivity contribution in [3.05, 3.63) is 23.0 Å². The molecule has 0 radical (unpaired) electrons. The smallest absolute Gasteiger partial charge is 0.278 e. The average Bonchev–Trinajstić information content (AvgIpc) is 3.03. The molecule has 3 N–H and O–H groups in total. The zero-order valence-electron chi connectivity index (χ0n) is 11.1. The molecule has 2 aromatic rings. The third-order valence-corrected chi connectivity index (χ3v) is 3.68. The molecule has 0 bridgehead atoms. The van der Waals surface area contributed by atoms with E-state index < -0.39 is 17.9 Å². The van der Waals surface area contributed by atoms with E-state index in [1.54, 1.807) is 0 Å². The molecule has 0 aromatic carbocycles. The van der Waals surface area contributed by atoms with Crippen molar-refractivity contribution in [2.75, 3.05) is 6.61 Å². The zero-order chi connectivity index (χ0) is 15.0. The highest BCUT2D eigenvalue weighted by Crippen LogP contribution is 2.39. The molecule has 8 nitrogen and oxygen atoms in total. The maximum absolute atomic E-state index is 11.7. The van der Waals surface area contributed by atoms with Gasteiger partial charge >= 0.3 is 0 Å². The van der Waals surface area contributed by atoms with Crippen molar-refractivity contribution in [3.63, 3.8) is 0 Å². The van der Waals surface area contributed by atoms with Crippen LogP contribution >= 0.6 is 0 Å². The Kier molecular flexibility index (Phi) is 3.25. The topological polar surface area (TPSA) is 113 Å². The predicted octanol–water partition coefficient (Wildman–Crippen LogP) is -1.06. The number of aromatic nitrogens is 4. The molecular formula is C13H14N4O4. The fraction of sp³-hybridized carbons (Fsp3) is 0.462. The molecule has 0 aliphatic carbocycles. The van der Waals surface area contributed by atoms with Crippen LogP contribution in [0.4, 0.5) is 0 Å². The molecule has 0 saturated carbocycles. The van der Waals surface area contributed by atoms with Crippen molar-refractivity contribution in [2.24, 2.45) is 0 Å². The molecule has 2 aromatic heterocycles. The number of aliphatic hydroxyl groups is 2. The largest absolute Gasteiger partial charge is 0.394 e. The highest BCUT2D eigenvalue weighted by Gasteiger charge is 2.50. The summed E-state index contributed by atoms with van der Waals surface area (Å²) in [7, 11) is 0. The minimum atomic E-state index is -1.28. The maximum Gasteiger partial charge on any atom is 0.278 e. The van der Waals surface area contributed by atoms with E-state index in [9.17, 15) is 15.0 Å². The van der Waals surface area contributed by atoms with Crippen LogP contribution in [0.25, 0.3) is 11.2 Å². The summed E-state index contributed by atoms with van der Waals surface area (Å²) in [6.07, 6.45) is 6.83. The molecule has 3 heterocycles. The summed E-state index contributed by atoms with van der Waals surface area (Å²) < 4.78 is 7.24. The van der Waals surface area contributed by atoms with Gasteiger partial charge < -0.3 is 19.9 Å². The normalized spacial score (nSPS) is 28.8. The van der Waals surface area contributed by atoms with Crippen molar-refractivity contribution in [3.8, 4) is 12.3 Å². The van der Waals surface area contributed by atoms with Gasteiger partial charge in [-0.2, -0.15) is 0 Å². The summed E-state index contributed by atoms with van der Waals surface area (Å²) in [5.74, 6) is 2.46. The number of imidazole rings is 1. The second-order valence-corrected chi connectivity index (χ2v) is 4.92. The van der Waals surface area contributed by atoms with E-state index in [1.165, 1.54) is 17.2 Å². The molecule has 21 heavy (non-hydrogen) atoms. The number of fused-ring (bicyclic) bond motifs is 1. The Morgan fingerprint density at radius 2 is 2.43 bits per heavy atom. The van der Waals surface area contributed by atoms with E-state index in [0.29, 0.717) is 0 Å². The lowest BCUT2D eigenvalue weighted by molar-refractivity contribution is -0.142. The molecule has 1 aliphatic heterocycles. The standard InChI is InChI=1S/C13H14N4O4/c1-2-3-13(9(19)4-8(5-18)21-13)17-7-16-10-11(17)14-6-15-12(10)20/h1,6-9,18-19H,3-5H2,(H,14,15,20)/t8-,9+,13+/m0/s1. The van der Waals surface area contributed by atoms with Crippen LogP contribution < -0.4 is 5.56 Å². The number of aromatic amines is 1. The van der Waals surface area contributed by atoms with Crippen LogP contribution in [0.15, 0.2) is 17.4 Å². The van der Waals surface area contributed by atoms with E-state index in [4.69, 9.17) is 11.2 Å². The van der Waals surface area contributed by atoms with Gasteiger partial charge in [-0.05, 0) is 0 Å². The first kappa shape index (κ1) is 13.8. The van der Waals surface area contributed by atoms with Gasteiger partial charge in [-0.3, -0.25) is 9.36 Å². The maximum atomic E-state index is 11.7. The van der Waals surface area contributed by atoms with Gasteiger partial charge in [0.1, 0.15) is 6.10 Å². The highest BCUT2D eigenvalue weighted by atomic mass is 16.6. The van der Waals surface area contributed by atoms with Gasteiger partial charge in [0.15, 0.2) is 16.9 Å². The number of aliphatic hydroxyl groups excluding tert-OH is 2. The molecule has 0 amide bonds. The first-order valence-electron chi connectivity index (χ1n) is 6.44. The summed E-state index contributed by atoms with van der Waals surface area (Å²) in [5, 5.41) is 19.6. The SMILES string of the molecule is C#CC[C@@]1(n2cnc3c(=O)[nH]cnc32)O[C@H](CO)C[C@H]1O. The van der Waals surface area contributed by atoms with Gasteiger partial charge in [-0.25, -0.2) is 9.97 Å². The Balaban J connectivity index is 2.19. The second kappa shape index (κ2) is 4.96. The van der Waals surface area contributed by atoms with E-state index in [1.807, 2.05) is 0 Å². The molecular weight excluding hydrogens is 276 g/mol. The third-order valence-electron chi connectivity index (χ3n) is 3.68. The van der Waals surface area contributed by atoms with Gasteiger partial charge in [0.2, 0.25) is 0 Å². The minimum absolute atomic E-state index is 0.0601. The van der Waals surface area contributed by atoms with Crippen LogP contribution in [-0.4, -0.2) is 48.5 Å². The molecule has 110 valence electrons. The number of terminal acetylenes is 1. The van der Waals surface area contributed by atoms with E-state index >= 15 is 0 Å². The van der Waals surface area contributed by atoms with Gasteiger partial charge in [-0.15, -0.1) is 12.3 Å². The van der Waals surface area contributed by atoms with Gasteiger partial charge in [0.25, 0.3) is 5.56 Å². The molecule has 1 fully saturated rings. The summed E-state index contributed by atoms with van der Waals surface area (Å²) in [6, 6.07) is 0. The Labute approximate surface area is 119 Å². The third kappa shape index (κ3) is 1.94. The number of ether oxygens (including phenoxy) is 1. The van der Waals surface area contributed by atoms with Crippen molar-refractivity contribution < 1.29 is 14.9 Å².